The van der Waals surface area contributed by atoms with E-state index in [4.69, 9.17) is 26.1 Å². The Labute approximate surface area is 161 Å². The van der Waals surface area contributed by atoms with Gasteiger partial charge in [0.15, 0.2) is 0 Å². The predicted octanol–water partition coefficient (Wildman–Crippen LogP) is 3.73. The van der Waals surface area contributed by atoms with Gasteiger partial charge in [0.1, 0.15) is 5.52 Å². The first kappa shape index (κ1) is 17.6. The molecule has 27 heavy (non-hydrogen) atoms. The van der Waals surface area contributed by atoms with Crippen LogP contribution in [0.1, 0.15) is 22.5 Å². The van der Waals surface area contributed by atoms with Crippen molar-refractivity contribution in [3.8, 4) is 5.88 Å². The van der Waals surface area contributed by atoms with Crippen molar-refractivity contribution < 1.29 is 14.3 Å². The lowest BCUT2D eigenvalue weighted by molar-refractivity contribution is 0.0602. The minimum absolute atomic E-state index is 0.404. The molecule has 3 aromatic rings. The first-order valence-electron chi connectivity index (χ1n) is 8.61. The Hall–Kier alpha value is -2.80. The number of carbonyl (C=O) groups is 1. The quantitative estimate of drug-likeness (QED) is 0.639. The maximum absolute atomic E-state index is 12.3. The van der Waals surface area contributed by atoms with Crippen molar-refractivity contribution in [2.45, 2.75) is 19.9 Å². The van der Waals surface area contributed by atoms with E-state index in [0.29, 0.717) is 27.5 Å². The number of halogens is 1. The third kappa shape index (κ3) is 2.78. The molecule has 3 heterocycles. The molecule has 0 spiro atoms. The molecule has 0 radical (unpaired) electrons. The highest BCUT2D eigenvalue weighted by molar-refractivity contribution is 6.35. The van der Waals surface area contributed by atoms with Gasteiger partial charge in [-0.2, -0.15) is 0 Å². The van der Waals surface area contributed by atoms with Crippen molar-refractivity contribution in [1.29, 1.82) is 0 Å². The van der Waals surface area contributed by atoms with E-state index in [-0.39, 0.29) is 0 Å². The summed E-state index contributed by atoms with van der Waals surface area (Å²) in [6.45, 7) is 3.48. The van der Waals surface area contributed by atoms with Gasteiger partial charge in [-0.25, -0.2) is 14.8 Å². The Balaban J connectivity index is 1.92. The van der Waals surface area contributed by atoms with Gasteiger partial charge < -0.3 is 18.9 Å². The van der Waals surface area contributed by atoms with Gasteiger partial charge in [-0.05, 0) is 31.5 Å². The molecule has 0 aliphatic carbocycles. The molecule has 0 atom stereocenters. The predicted molar refractivity (Wildman–Crippen MR) is 103 cm³/mol. The molecule has 1 aliphatic rings. The second kappa shape index (κ2) is 6.74. The van der Waals surface area contributed by atoms with Crippen LogP contribution in [0.4, 0.5) is 11.6 Å². The SMILES string of the molecule is COC(=O)c1ccc(Cl)c2nc3n(c12)CCCN3c1ccc(OC)nc1C. The number of benzene rings is 1. The summed E-state index contributed by atoms with van der Waals surface area (Å²) in [5.74, 6) is 0.904. The zero-order chi connectivity index (χ0) is 19.1. The summed E-state index contributed by atoms with van der Waals surface area (Å²) in [4.78, 5) is 23.6. The zero-order valence-corrected chi connectivity index (χ0v) is 16.1. The highest BCUT2D eigenvalue weighted by atomic mass is 35.5. The van der Waals surface area contributed by atoms with Crippen LogP contribution in [0.5, 0.6) is 5.88 Å². The number of fused-ring (bicyclic) bond motifs is 3. The van der Waals surface area contributed by atoms with Crippen molar-refractivity contribution in [3.05, 3.63) is 40.5 Å². The third-order valence-electron chi connectivity index (χ3n) is 4.77. The number of ether oxygens (including phenoxy) is 2. The average molecular weight is 387 g/mol. The highest BCUT2D eigenvalue weighted by Gasteiger charge is 2.28. The number of carbonyl (C=O) groups excluding carboxylic acids is 1. The second-order valence-corrected chi connectivity index (χ2v) is 6.72. The Morgan fingerprint density at radius 3 is 2.67 bits per heavy atom. The first-order chi connectivity index (χ1) is 13.0. The smallest absolute Gasteiger partial charge is 0.340 e. The van der Waals surface area contributed by atoms with E-state index >= 15 is 0 Å². The number of anilines is 2. The van der Waals surface area contributed by atoms with Gasteiger partial charge in [-0.1, -0.05) is 11.6 Å². The lowest BCUT2D eigenvalue weighted by Gasteiger charge is -2.30. The molecule has 7 nitrogen and oxygen atoms in total. The van der Waals surface area contributed by atoms with Gasteiger partial charge in [0.2, 0.25) is 11.8 Å². The van der Waals surface area contributed by atoms with Gasteiger partial charge in [-0.15, -0.1) is 0 Å². The van der Waals surface area contributed by atoms with Gasteiger partial charge in [-0.3, -0.25) is 0 Å². The molecule has 0 amide bonds. The van der Waals surface area contributed by atoms with Crippen molar-refractivity contribution in [2.24, 2.45) is 0 Å². The number of nitrogens with zero attached hydrogens (tertiary/aromatic N) is 4. The standard InChI is InChI=1S/C19H19ClN4O3/c1-11-14(7-8-15(21-11)26-2)23-9-4-10-24-17-12(18(25)27-3)5-6-13(20)16(17)22-19(23)24/h5-8H,4,9-10H2,1-3H3. The zero-order valence-electron chi connectivity index (χ0n) is 15.3. The van der Waals surface area contributed by atoms with Gasteiger partial charge in [0, 0.05) is 19.2 Å². The molecule has 0 N–H and O–H groups in total. The molecule has 0 saturated carbocycles. The van der Waals surface area contributed by atoms with Crippen LogP contribution in [0, 0.1) is 6.92 Å². The second-order valence-electron chi connectivity index (χ2n) is 6.31. The van der Waals surface area contributed by atoms with E-state index in [1.54, 1.807) is 19.2 Å². The van der Waals surface area contributed by atoms with Gasteiger partial charge in [0.05, 0.1) is 41.7 Å². The number of aryl methyl sites for hydroxylation is 2. The Morgan fingerprint density at radius 1 is 1.15 bits per heavy atom. The van der Waals surface area contributed by atoms with Crippen LogP contribution in [0.2, 0.25) is 5.02 Å². The summed E-state index contributed by atoms with van der Waals surface area (Å²) in [6.07, 6.45) is 0.900. The van der Waals surface area contributed by atoms with E-state index in [2.05, 4.69) is 9.88 Å². The minimum atomic E-state index is -0.404. The van der Waals surface area contributed by atoms with Crippen LogP contribution in [-0.4, -0.2) is 41.3 Å². The van der Waals surface area contributed by atoms with Gasteiger partial charge >= 0.3 is 5.97 Å². The van der Waals surface area contributed by atoms with Crippen LogP contribution in [0.15, 0.2) is 24.3 Å². The lowest BCUT2D eigenvalue weighted by Crippen LogP contribution is -2.29. The Bertz CT molecular complexity index is 1050. The molecular formula is C19H19ClN4O3. The fourth-order valence-electron chi connectivity index (χ4n) is 3.53. The summed E-state index contributed by atoms with van der Waals surface area (Å²) in [6, 6.07) is 7.17. The number of imidazole rings is 1. The van der Waals surface area contributed by atoms with E-state index in [9.17, 15) is 4.79 Å². The maximum atomic E-state index is 12.3. The maximum Gasteiger partial charge on any atom is 0.340 e. The molecular weight excluding hydrogens is 368 g/mol. The summed E-state index contributed by atoms with van der Waals surface area (Å²) < 4.78 is 12.2. The number of hydrogen-bond donors (Lipinski definition) is 0. The van der Waals surface area contributed by atoms with Crippen LogP contribution in [-0.2, 0) is 11.3 Å². The fourth-order valence-corrected chi connectivity index (χ4v) is 3.73. The van der Waals surface area contributed by atoms with E-state index in [1.807, 2.05) is 23.6 Å². The van der Waals surface area contributed by atoms with Crippen molar-refractivity contribution in [3.63, 3.8) is 0 Å². The molecule has 0 unspecified atom stereocenters. The largest absolute Gasteiger partial charge is 0.481 e. The van der Waals surface area contributed by atoms with E-state index < -0.39 is 5.97 Å². The lowest BCUT2D eigenvalue weighted by atomic mass is 10.1. The number of esters is 1. The summed E-state index contributed by atoms with van der Waals surface area (Å²) in [7, 11) is 2.97. The van der Waals surface area contributed by atoms with Crippen LogP contribution in [0.3, 0.4) is 0 Å². The van der Waals surface area contributed by atoms with Crippen LogP contribution < -0.4 is 9.64 Å². The number of hydrogen-bond acceptors (Lipinski definition) is 6. The molecule has 140 valence electrons. The summed E-state index contributed by atoms with van der Waals surface area (Å²) in [5.41, 5.74) is 3.55. The summed E-state index contributed by atoms with van der Waals surface area (Å²) >= 11 is 6.39. The number of rotatable bonds is 3. The van der Waals surface area contributed by atoms with Crippen LogP contribution >= 0.6 is 11.6 Å². The van der Waals surface area contributed by atoms with Crippen molar-refractivity contribution in [1.82, 2.24) is 14.5 Å². The molecule has 0 fully saturated rings. The molecule has 2 aromatic heterocycles. The van der Waals surface area contributed by atoms with Crippen molar-refractivity contribution in [2.75, 3.05) is 25.7 Å². The van der Waals surface area contributed by atoms with E-state index in [0.717, 1.165) is 36.8 Å². The van der Waals surface area contributed by atoms with Gasteiger partial charge in [0.25, 0.3) is 0 Å². The monoisotopic (exact) mass is 386 g/mol. The molecule has 4 rings (SSSR count). The highest BCUT2D eigenvalue weighted by Crippen LogP contribution is 2.37. The Morgan fingerprint density at radius 2 is 1.96 bits per heavy atom. The molecule has 0 saturated heterocycles. The first-order valence-corrected chi connectivity index (χ1v) is 8.99. The molecule has 0 bridgehead atoms. The normalized spacial score (nSPS) is 13.6. The third-order valence-corrected chi connectivity index (χ3v) is 5.07. The number of methoxy groups -OCH3 is 2. The van der Waals surface area contributed by atoms with Crippen molar-refractivity contribution >= 4 is 40.2 Å². The number of pyridine rings is 1. The molecule has 1 aliphatic heterocycles. The molecule has 8 heteroatoms. The topological polar surface area (TPSA) is 69.5 Å². The fraction of sp³-hybridized carbons (Fsp3) is 0.316. The molecule has 1 aromatic carbocycles. The van der Waals surface area contributed by atoms with E-state index in [1.165, 1.54) is 7.11 Å². The average Bonchev–Trinajstić information content (AvgIpc) is 3.08. The Kier molecular flexibility index (Phi) is 4.39. The summed E-state index contributed by atoms with van der Waals surface area (Å²) in [5, 5.41) is 0.504. The number of aromatic nitrogens is 3. The minimum Gasteiger partial charge on any atom is -0.481 e. The van der Waals surface area contributed by atoms with Crippen LogP contribution in [0.25, 0.3) is 11.0 Å².